The predicted molar refractivity (Wildman–Crippen MR) is 112 cm³/mol. The van der Waals surface area contributed by atoms with Gasteiger partial charge in [0, 0.05) is 12.8 Å². The highest BCUT2D eigenvalue weighted by atomic mass is 31.2. The van der Waals surface area contributed by atoms with Crippen molar-refractivity contribution in [2.24, 2.45) is 5.92 Å². The molecule has 0 aliphatic carbocycles. The van der Waals surface area contributed by atoms with Crippen LogP contribution < -0.4 is 5.11 Å². The molecule has 1 aliphatic heterocycles. The summed E-state index contributed by atoms with van der Waals surface area (Å²) in [6, 6.07) is -1.04. The van der Waals surface area contributed by atoms with Crippen LogP contribution in [-0.4, -0.2) is 86.2 Å². The highest BCUT2D eigenvalue weighted by Gasteiger charge is 2.46. The molecular weight excluding hydrogens is 411 g/mol. The summed E-state index contributed by atoms with van der Waals surface area (Å²) in [5.41, 5.74) is 0. The monoisotopic (exact) mass is 450 g/mol. The first-order valence-electron chi connectivity index (χ1n) is 10.9. The second-order valence-electron chi connectivity index (χ2n) is 8.38. The molecule has 0 bridgehead atoms. The summed E-state index contributed by atoms with van der Waals surface area (Å²) < 4.78 is 29.1. The minimum absolute atomic E-state index is 0.0311. The third kappa shape index (κ3) is 7.52. The average molecular weight is 451 g/mol. The van der Waals surface area contributed by atoms with Crippen molar-refractivity contribution < 1.29 is 37.5 Å². The summed E-state index contributed by atoms with van der Waals surface area (Å²) in [5.74, 6) is -0.918. The van der Waals surface area contributed by atoms with E-state index in [1.807, 2.05) is 7.05 Å². The summed E-state index contributed by atoms with van der Waals surface area (Å²) >= 11 is 0. The lowest BCUT2D eigenvalue weighted by molar-refractivity contribution is -0.940. The van der Waals surface area contributed by atoms with Gasteiger partial charge >= 0.3 is 13.7 Å². The molecular formula is C20H39N2O7P. The fraction of sp³-hybridized carbons (Fsp3) is 0.900. The molecule has 3 atom stereocenters. The summed E-state index contributed by atoms with van der Waals surface area (Å²) in [6.45, 7) is 11.3. The standard InChI is InChI=1S/C20H39N2O7P/c1-7-27-20(25)21-14-17(13-16(4)5)22(6,15-18(21)19(23)24)11-10-12-30(26,28-8-2)29-9-3/h16-18H,7-15H2,1-6H3/t17-,18+,22?/m0/s1. The predicted octanol–water partition coefficient (Wildman–Crippen LogP) is 2.09. The molecule has 1 heterocycles. The van der Waals surface area contributed by atoms with Crippen molar-refractivity contribution in [3.8, 4) is 0 Å². The van der Waals surface area contributed by atoms with E-state index >= 15 is 0 Å². The number of ether oxygens (including phenoxy) is 1. The third-order valence-corrected chi connectivity index (χ3v) is 7.69. The fourth-order valence-electron chi connectivity index (χ4n) is 4.14. The molecule has 0 saturated carbocycles. The number of amides is 1. The number of aliphatic carboxylic acids is 1. The first-order valence-corrected chi connectivity index (χ1v) is 12.6. The number of carbonyl (C=O) groups is 2. The van der Waals surface area contributed by atoms with Gasteiger partial charge in [0.05, 0.1) is 52.1 Å². The summed E-state index contributed by atoms with van der Waals surface area (Å²) in [7, 11) is -1.16. The van der Waals surface area contributed by atoms with Crippen LogP contribution in [0.1, 0.15) is 47.5 Å². The van der Waals surface area contributed by atoms with Gasteiger partial charge in [-0.1, -0.05) is 13.8 Å². The molecule has 1 aliphatic rings. The van der Waals surface area contributed by atoms with Crippen molar-refractivity contribution in [1.29, 1.82) is 0 Å². The van der Waals surface area contributed by atoms with E-state index in [-0.39, 0.29) is 31.9 Å². The van der Waals surface area contributed by atoms with Crippen molar-refractivity contribution in [3.05, 3.63) is 0 Å². The lowest BCUT2D eigenvalue weighted by Gasteiger charge is -2.52. The Morgan fingerprint density at radius 1 is 1.17 bits per heavy atom. The molecule has 9 nitrogen and oxygen atoms in total. The van der Waals surface area contributed by atoms with Crippen LogP contribution in [-0.2, 0) is 23.1 Å². The SMILES string of the molecule is CCOC(=O)N1C[C@H](CC(C)C)[N+](C)(CCCP(=O)(OCC)OCC)C[C@@H]1C(=O)[O-]. The largest absolute Gasteiger partial charge is 0.548 e. The molecule has 176 valence electrons. The van der Waals surface area contributed by atoms with Gasteiger partial charge < -0.3 is 28.2 Å². The second kappa shape index (κ2) is 12.0. The van der Waals surface area contributed by atoms with Crippen LogP contribution in [0.3, 0.4) is 0 Å². The van der Waals surface area contributed by atoms with E-state index in [4.69, 9.17) is 13.8 Å². The zero-order chi connectivity index (χ0) is 22.9. The number of hydrogen-bond acceptors (Lipinski definition) is 7. The Morgan fingerprint density at radius 3 is 2.23 bits per heavy atom. The van der Waals surface area contributed by atoms with Crippen LogP contribution in [0.25, 0.3) is 0 Å². The Kier molecular flexibility index (Phi) is 10.8. The molecule has 0 aromatic carbocycles. The number of piperazine rings is 1. The van der Waals surface area contributed by atoms with Crippen molar-refractivity contribution in [1.82, 2.24) is 4.90 Å². The third-order valence-electron chi connectivity index (χ3n) is 5.53. The molecule has 1 rings (SSSR count). The van der Waals surface area contributed by atoms with Gasteiger partial charge in [-0.15, -0.1) is 0 Å². The molecule has 0 spiro atoms. The van der Waals surface area contributed by atoms with Gasteiger partial charge in [-0.3, -0.25) is 9.46 Å². The summed E-state index contributed by atoms with van der Waals surface area (Å²) in [5, 5.41) is 11.8. The highest BCUT2D eigenvalue weighted by Crippen LogP contribution is 2.48. The maximum atomic E-state index is 12.8. The van der Waals surface area contributed by atoms with Crippen LogP contribution in [0.4, 0.5) is 4.79 Å². The molecule has 10 heteroatoms. The van der Waals surface area contributed by atoms with Gasteiger partial charge in [-0.25, -0.2) is 4.79 Å². The van der Waals surface area contributed by atoms with Crippen molar-refractivity contribution >= 4 is 19.7 Å². The molecule has 0 radical (unpaired) electrons. The number of nitrogens with zero attached hydrogens (tertiary/aromatic N) is 2. The Morgan fingerprint density at radius 2 is 1.77 bits per heavy atom. The van der Waals surface area contributed by atoms with Crippen LogP contribution in [0.2, 0.25) is 0 Å². The van der Waals surface area contributed by atoms with E-state index in [0.29, 0.717) is 36.6 Å². The molecule has 1 unspecified atom stereocenters. The molecule has 30 heavy (non-hydrogen) atoms. The number of hydrogen-bond donors (Lipinski definition) is 0. The van der Waals surface area contributed by atoms with Crippen LogP contribution >= 0.6 is 7.60 Å². The maximum Gasteiger partial charge on any atom is 0.410 e. The van der Waals surface area contributed by atoms with E-state index in [1.54, 1.807) is 20.8 Å². The fourth-order valence-corrected chi connectivity index (χ4v) is 5.78. The van der Waals surface area contributed by atoms with Gasteiger partial charge in [0.1, 0.15) is 18.6 Å². The molecule has 1 fully saturated rings. The normalized spacial score (nSPS) is 24.8. The second-order valence-corrected chi connectivity index (χ2v) is 10.6. The smallest absolute Gasteiger partial charge is 0.410 e. The number of likely N-dealkylation sites (N-methyl/N-ethyl adjacent to an activating group) is 1. The lowest BCUT2D eigenvalue weighted by atomic mass is 9.95. The number of quaternary nitrogens is 1. The number of rotatable bonds is 12. The van der Waals surface area contributed by atoms with Crippen LogP contribution in [0.5, 0.6) is 0 Å². The van der Waals surface area contributed by atoms with Gasteiger partial charge in [-0.2, -0.15) is 0 Å². The van der Waals surface area contributed by atoms with E-state index < -0.39 is 25.7 Å². The maximum absolute atomic E-state index is 12.8. The van der Waals surface area contributed by atoms with Crippen molar-refractivity contribution in [2.45, 2.75) is 59.5 Å². The zero-order valence-electron chi connectivity index (χ0n) is 19.3. The highest BCUT2D eigenvalue weighted by molar-refractivity contribution is 7.53. The van der Waals surface area contributed by atoms with Crippen LogP contribution in [0.15, 0.2) is 0 Å². The van der Waals surface area contributed by atoms with Gasteiger partial charge in [0.15, 0.2) is 0 Å². The molecule has 0 N–H and O–H groups in total. The lowest BCUT2D eigenvalue weighted by Crippen LogP contribution is -2.71. The quantitative estimate of drug-likeness (QED) is 0.331. The Hall–Kier alpha value is -1.15. The molecule has 0 aromatic heterocycles. The number of carboxylic acids is 1. The average Bonchev–Trinajstić information content (AvgIpc) is 2.63. The summed E-state index contributed by atoms with van der Waals surface area (Å²) in [6.07, 6.45) is 1.03. The summed E-state index contributed by atoms with van der Waals surface area (Å²) in [4.78, 5) is 25.5. The topological polar surface area (TPSA) is 105 Å². The van der Waals surface area contributed by atoms with E-state index in [2.05, 4.69) is 13.8 Å². The van der Waals surface area contributed by atoms with E-state index in [1.165, 1.54) is 4.90 Å². The van der Waals surface area contributed by atoms with E-state index in [0.717, 1.165) is 6.42 Å². The van der Waals surface area contributed by atoms with Gasteiger partial charge in [-0.05, 0) is 26.7 Å². The zero-order valence-corrected chi connectivity index (χ0v) is 20.2. The Balaban J connectivity index is 3.02. The molecule has 0 aromatic rings. The first-order chi connectivity index (χ1) is 14.0. The van der Waals surface area contributed by atoms with Crippen LogP contribution in [0, 0.1) is 5.92 Å². The number of carbonyl (C=O) groups excluding carboxylic acids is 2. The Bertz CT molecular complexity index is 606. The van der Waals surface area contributed by atoms with E-state index in [9.17, 15) is 19.3 Å². The van der Waals surface area contributed by atoms with Crippen molar-refractivity contribution in [3.63, 3.8) is 0 Å². The molecule has 1 saturated heterocycles. The van der Waals surface area contributed by atoms with Gasteiger partial charge in [0.2, 0.25) is 0 Å². The molecule has 1 amide bonds. The minimum Gasteiger partial charge on any atom is -0.548 e. The Labute approximate surface area is 180 Å². The van der Waals surface area contributed by atoms with Crippen molar-refractivity contribution in [2.75, 3.05) is 52.7 Å². The van der Waals surface area contributed by atoms with Gasteiger partial charge in [0.25, 0.3) is 0 Å². The first kappa shape index (κ1) is 26.9. The minimum atomic E-state index is -3.16. The number of carboxylic acid groups (broad SMARTS) is 1.